The average Bonchev–Trinajstić information content (AvgIpc) is 2.63. The van der Waals surface area contributed by atoms with E-state index in [2.05, 4.69) is 4.72 Å². The second kappa shape index (κ2) is 5.27. The number of thiophene rings is 1. The van der Waals surface area contributed by atoms with Gasteiger partial charge < -0.3 is 5.11 Å². The van der Waals surface area contributed by atoms with Gasteiger partial charge >= 0.3 is 0 Å². The zero-order valence-corrected chi connectivity index (χ0v) is 11.2. The monoisotopic (exact) mass is 263 g/mol. The molecule has 4 nitrogen and oxygen atoms in total. The third kappa shape index (κ3) is 3.28. The normalized spacial score (nSPS) is 16.0. The number of aliphatic hydroxyl groups is 1. The van der Waals surface area contributed by atoms with Gasteiger partial charge in [-0.2, -0.15) is 0 Å². The van der Waals surface area contributed by atoms with Crippen LogP contribution in [-0.4, -0.2) is 25.4 Å². The second-order valence-corrected chi connectivity index (χ2v) is 7.28. The Bertz CT molecular complexity index is 439. The number of hydrogen-bond donors (Lipinski definition) is 2. The predicted octanol–water partition coefficient (Wildman–Crippen LogP) is 1.42. The van der Waals surface area contributed by atoms with Crippen LogP contribution in [0.4, 0.5) is 0 Å². The van der Waals surface area contributed by atoms with Crippen molar-refractivity contribution in [2.24, 2.45) is 0 Å². The van der Waals surface area contributed by atoms with E-state index in [4.69, 9.17) is 5.11 Å². The Kier molecular flexibility index (Phi) is 4.49. The molecule has 0 saturated carbocycles. The quantitative estimate of drug-likeness (QED) is 0.844. The lowest BCUT2D eigenvalue weighted by Gasteiger charge is -2.16. The molecule has 0 aliphatic heterocycles. The van der Waals surface area contributed by atoms with E-state index in [1.807, 2.05) is 19.1 Å². The second-order valence-electron chi connectivity index (χ2n) is 3.83. The molecule has 2 unspecified atom stereocenters. The van der Waals surface area contributed by atoms with Crippen molar-refractivity contribution in [3.8, 4) is 0 Å². The fourth-order valence-electron chi connectivity index (χ4n) is 1.20. The molecule has 0 fully saturated rings. The summed E-state index contributed by atoms with van der Waals surface area (Å²) in [6.45, 7) is 4.89. The summed E-state index contributed by atoms with van der Waals surface area (Å²) in [5.41, 5.74) is 0. The van der Waals surface area contributed by atoms with Gasteiger partial charge in [-0.15, -0.1) is 11.3 Å². The number of rotatable bonds is 5. The van der Waals surface area contributed by atoms with E-state index in [1.165, 1.54) is 6.92 Å². The van der Waals surface area contributed by atoms with E-state index >= 15 is 0 Å². The Morgan fingerprint density at radius 1 is 1.44 bits per heavy atom. The van der Waals surface area contributed by atoms with Gasteiger partial charge in [0.1, 0.15) is 0 Å². The first-order chi connectivity index (χ1) is 7.36. The lowest BCUT2D eigenvalue weighted by Crippen LogP contribution is -2.36. The molecule has 92 valence electrons. The van der Waals surface area contributed by atoms with Crippen LogP contribution in [0, 0.1) is 6.92 Å². The maximum absolute atomic E-state index is 11.7. The molecule has 1 heterocycles. The molecule has 2 atom stereocenters. The first-order valence-corrected chi connectivity index (χ1v) is 7.41. The first kappa shape index (κ1) is 13.6. The molecule has 1 aromatic heterocycles. The number of aryl methyl sites for hydroxylation is 1. The Labute approximate surface area is 100 Å². The minimum absolute atomic E-state index is 0.252. The first-order valence-electron chi connectivity index (χ1n) is 5.05. The molecule has 0 radical (unpaired) electrons. The van der Waals surface area contributed by atoms with E-state index in [0.717, 1.165) is 9.75 Å². The summed E-state index contributed by atoms with van der Waals surface area (Å²) in [4.78, 5) is 2.13. The van der Waals surface area contributed by atoms with Crippen molar-refractivity contribution in [1.82, 2.24) is 4.72 Å². The molecule has 0 amide bonds. The molecule has 1 rings (SSSR count). The smallest absolute Gasteiger partial charge is 0.217 e. The summed E-state index contributed by atoms with van der Waals surface area (Å²) >= 11 is 1.57. The highest BCUT2D eigenvalue weighted by molar-refractivity contribution is 7.90. The molecule has 0 saturated heterocycles. The summed E-state index contributed by atoms with van der Waals surface area (Å²) in [6, 6.07) is 3.62. The highest BCUT2D eigenvalue weighted by atomic mass is 32.2. The Morgan fingerprint density at radius 3 is 2.50 bits per heavy atom. The van der Waals surface area contributed by atoms with Gasteiger partial charge in [-0.05, 0) is 32.9 Å². The van der Waals surface area contributed by atoms with E-state index in [1.54, 1.807) is 18.3 Å². The maximum atomic E-state index is 11.7. The zero-order valence-electron chi connectivity index (χ0n) is 9.60. The zero-order chi connectivity index (χ0) is 12.3. The largest absolute Gasteiger partial charge is 0.395 e. The molecular weight excluding hydrogens is 246 g/mol. The summed E-state index contributed by atoms with van der Waals surface area (Å²) in [5, 5.41) is 8.06. The van der Waals surface area contributed by atoms with Gasteiger partial charge in [0, 0.05) is 9.75 Å². The van der Waals surface area contributed by atoms with Crippen LogP contribution in [0.5, 0.6) is 0 Å². The van der Waals surface area contributed by atoms with Crippen molar-refractivity contribution in [2.75, 3.05) is 6.61 Å². The molecule has 6 heteroatoms. The average molecular weight is 263 g/mol. The molecular formula is C10H17NO3S2. The summed E-state index contributed by atoms with van der Waals surface area (Å²) in [7, 11) is -3.44. The van der Waals surface area contributed by atoms with Crippen LogP contribution < -0.4 is 4.72 Å². The minimum atomic E-state index is -3.44. The summed E-state index contributed by atoms with van der Waals surface area (Å²) < 4.78 is 25.9. The van der Waals surface area contributed by atoms with E-state index < -0.39 is 15.3 Å². The topological polar surface area (TPSA) is 66.4 Å². The molecule has 0 aliphatic rings. The Morgan fingerprint density at radius 2 is 2.06 bits per heavy atom. The highest BCUT2D eigenvalue weighted by Gasteiger charge is 2.22. The van der Waals surface area contributed by atoms with Gasteiger partial charge in [0.05, 0.1) is 17.9 Å². The number of aliphatic hydroxyl groups excluding tert-OH is 1. The van der Waals surface area contributed by atoms with E-state index in [0.29, 0.717) is 0 Å². The molecule has 0 aliphatic carbocycles. The van der Waals surface area contributed by atoms with Crippen molar-refractivity contribution in [1.29, 1.82) is 0 Å². The van der Waals surface area contributed by atoms with E-state index in [9.17, 15) is 8.42 Å². The van der Waals surface area contributed by atoms with Crippen LogP contribution in [0.2, 0.25) is 0 Å². The predicted molar refractivity (Wildman–Crippen MR) is 66.1 cm³/mol. The van der Waals surface area contributed by atoms with E-state index in [-0.39, 0.29) is 12.6 Å². The Balaban J connectivity index is 2.75. The van der Waals surface area contributed by atoms with Crippen LogP contribution in [-0.2, 0) is 10.0 Å². The molecule has 16 heavy (non-hydrogen) atoms. The van der Waals surface area contributed by atoms with Crippen LogP contribution in [0.25, 0.3) is 0 Å². The van der Waals surface area contributed by atoms with Gasteiger partial charge in [0.25, 0.3) is 0 Å². The fourth-order valence-corrected chi connectivity index (χ4v) is 3.21. The maximum Gasteiger partial charge on any atom is 0.217 e. The SMILES string of the molecule is Cc1ccc(C(C)NS(=O)(=O)C(C)CO)s1. The van der Waals surface area contributed by atoms with Crippen molar-refractivity contribution >= 4 is 21.4 Å². The van der Waals surface area contributed by atoms with Crippen LogP contribution >= 0.6 is 11.3 Å². The fraction of sp³-hybridized carbons (Fsp3) is 0.600. The van der Waals surface area contributed by atoms with Crippen LogP contribution in [0.1, 0.15) is 29.6 Å². The van der Waals surface area contributed by atoms with Crippen molar-refractivity contribution in [3.63, 3.8) is 0 Å². The van der Waals surface area contributed by atoms with Crippen LogP contribution in [0.3, 0.4) is 0 Å². The summed E-state index contributed by atoms with van der Waals surface area (Å²) in [5.74, 6) is 0. The molecule has 0 aromatic carbocycles. The van der Waals surface area contributed by atoms with Crippen molar-refractivity contribution in [3.05, 3.63) is 21.9 Å². The lowest BCUT2D eigenvalue weighted by atomic mass is 10.3. The number of sulfonamides is 1. The standard InChI is InChI=1S/C10H17NO3S2/c1-7-4-5-10(15-7)9(3)11-16(13,14)8(2)6-12/h4-5,8-9,11-12H,6H2,1-3H3. The summed E-state index contributed by atoms with van der Waals surface area (Å²) in [6.07, 6.45) is 0. The third-order valence-corrected chi connectivity index (χ3v) is 5.39. The van der Waals surface area contributed by atoms with Crippen LogP contribution in [0.15, 0.2) is 12.1 Å². The van der Waals surface area contributed by atoms with Gasteiger partial charge in [-0.25, -0.2) is 13.1 Å². The molecule has 0 spiro atoms. The molecule has 1 aromatic rings. The van der Waals surface area contributed by atoms with Crippen molar-refractivity contribution in [2.45, 2.75) is 32.1 Å². The number of hydrogen-bond acceptors (Lipinski definition) is 4. The molecule has 2 N–H and O–H groups in total. The third-order valence-electron chi connectivity index (χ3n) is 2.32. The minimum Gasteiger partial charge on any atom is -0.395 e. The van der Waals surface area contributed by atoms with Gasteiger partial charge in [-0.1, -0.05) is 0 Å². The van der Waals surface area contributed by atoms with Gasteiger partial charge in [-0.3, -0.25) is 0 Å². The van der Waals surface area contributed by atoms with Gasteiger partial charge in [0.15, 0.2) is 0 Å². The highest BCUT2D eigenvalue weighted by Crippen LogP contribution is 2.23. The van der Waals surface area contributed by atoms with Crippen molar-refractivity contribution < 1.29 is 13.5 Å². The molecule has 0 bridgehead atoms. The lowest BCUT2D eigenvalue weighted by molar-refractivity contribution is 0.294. The number of nitrogens with one attached hydrogen (secondary N) is 1. The Hall–Kier alpha value is -0.430. The van der Waals surface area contributed by atoms with Gasteiger partial charge in [0.2, 0.25) is 10.0 Å².